The Balaban J connectivity index is 1.87. The number of carbonyl (C=O) groups excluding carboxylic acids is 2. The first-order valence-electron chi connectivity index (χ1n) is 6.94. The van der Waals surface area contributed by atoms with Crippen LogP contribution in [0.25, 0.3) is 0 Å². The molecule has 0 fully saturated rings. The van der Waals surface area contributed by atoms with Gasteiger partial charge >= 0.3 is 0 Å². The molecule has 0 radical (unpaired) electrons. The average molecular weight is 264 g/mol. The van der Waals surface area contributed by atoms with Gasteiger partial charge in [-0.15, -0.1) is 0 Å². The zero-order valence-electron chi connectivity index (χ0n) is 11.2. The summed E-state index contributed by atoms with van der Waals surface area (Å²) < 4.78 is 0. The van der Waals surface area contributed by atoms with Crippen LogP contribution < -0.4 is 0 Å². The Bertz CT molecular complexity index is 643. The number of carbonyl (C=O) groups is 2. The monoisotopic (exact) mass is 264 g/mol. The topological polar surface area (TPSA) is 34.1 Å². The Labute approximate surface area is 118 Å². The lowest BCUT2D eigenvalue weighted by molar-refractivity contribution is -0.120. The highest BCUT2D eigenvalue weighted by molar-refractivity contribution is 6.01. The second-order valence-corrected chi connectivity index (χ2v) is 5.21. The van der Waals surface area contributed by atoms with Crippen molar-refractivity contribution in [3.63, 3.8) is 0 Å². The summed E-state index contributed by atoms with van der Waals surface area (Å²) in [6.07, 6.45) is 1.62. The molecule has 2 aromatic rings. The molecule has 0 amide bonds. The van der Waals surface area contributed by atoms with Crippen molar-refractivity contribution in [2.45, 2.75) is 25.2 Å². The van der Waals surface area contributed by atoms with E-state index < -0.39 is 0 Å². The van der Waals surface area contributed by atoms with Crippen LogP contribution in [0.2, 0.25) is 0 Å². The van der Waals surface area contributed by atoms with E-state index in [2.05, 4.69) is 6.07 Å². The van der Waals surface area contributed by atoms with E-state index in [0.717, 1.165) is 12.0 Å². The lowest BCUT2D eigenvalue weighted by atomic mass is 9.79. The highest BCUT2D eigenvalue weighted by Gasteiger charge is 2.29. The van der Waals surface area contributed by atoms with Crippen LogP contribution in [0.1, 0.15) is 40.2 Å². The van der Waals surface area contributed by atoms with Gasteiger partial charge in [-0.05, 0) is 17.5 Å². The zero-order valence-corrected chi connectivity index (χ0v) is 11.2. The molecule has 0 saturated heterocycles. The van der Waals surface area contributed by atoms with Gasteiger partial charge in [-0.2, -0.15) is 0 Å². The first kappa shape index (κ1) is 12.8. The van der Waals surface area contributed by atoms with Crippen molar-refractivity contribution in [3.8, 4) is 0 Å². The van der Waals surface area contributed by atoms with E-state index in [0.29, 0.717) is 12.0 Å². The largest absolute Gasteiger partial charge is 0.299 e. The molecule has 1 atom stereocenters. The summed E-state index contributed by atoms with van der Waals surface area (Å²) in [5.74, 6) is -0.0405. The minimum Gasteiger partial charge on any atom is -0.299 e. The second kappa shape index (κ2) is 5.41. The van der Waals surface area contributed by atoms with Crippen molar-refractivity contribution in [1.29, 1.82) is 0 Å². The molecule has 0 saturated carbocycles. The van der Waals surface area contributed by atoms with Crippen LogP contribution in [-0.2, 0) is 11.2 Å². The van der Waals surface area contributed by atoms with Crippen molar-refractivity contribution >= 4 is 11.6 Å². The Hall–Kier alpha value is -2.22. The molecule has 20 heavy (non-hydrogen) atoms. The van der Waals surface area contributed by atoms with Gasteiger partial charge in [0.1, 0.15) is 5.78 Å². The molecule has 2 aromatic carbocycles. The third-order valence-electron chi connectivity index (χ3n) is 3.95. The van der Waals surface area contributed by atoms with Crippen LogP contribution in [0.4, 0.5) is 0 Å². The van der Waals surface area contributed by atoms with Crippen molar-refractivity contribution in [1.82, 2.24) is 0 Å². The quantitative estimate of drug-likeness (QED) is 0.794. The van der Waals surface area contributed by atoms with Crippen LogP contribution in [0, 0.1) is 0 Å². The van der Waals surface area contributed by atoms with Crippen molar-refractivity contribution in [2.75, 3.05) is 0 Å². The first-order valence-corrected chi connectivity index (χ1v) is 6.94. The van der Waals surface area contributed by atoms with Gasteiger partial charge in [-0.25, -0.2) is 0 Å². The van der Waals surface area contributed by atoms with E-state index in [1.807, 2.05) is 48.5 Å². The zero-order chi connectivity index (χ0) is 13.9. The molecule has 0 bridgehead atoms. The molecule has 100 valence electrons. The number of Topliss-reactive ketones (excluding diaryl/α,β-unsaturated/α-hetero) is 2. The minimum absolute atomic E-state index is 0.0423. The normalized spacial score (nSPS) is 17.6. The third kappa shape index (κ3) is 2.42. The van der Waals surface area contributed by atoms with Gasteiger partial charge in [0.2, 0.25) is 0 Å². The Morgan fingerprint density at radius 3 is 2.45 bits per heavy atom. The number of hydrogen-bond acceptors (Lipinski definition) is 2. The minimum atomic E-state index is -0.271. The van der Waals surface area contributed by atoms with Gasteiger partial charge in [0.05, 0.1) is 5.92 Å². The summed E-state index contributed by atoms with van der Waals surface area (Å²) >= 11 is 0. The molecule has 0 aliphatic heterocycles. The standard InChI is InChI=1S/C18H16O2/c19-17-11-10-13-6-4-5-9-15(13)16(17)12-18(20)14-7-2-1-3-8-14/h1-9,16H,10-12H2. The molecule has 0 spiro atoms. The smallest absolute Gasteiger partial charge is 0.163 e. The van der Waals surface area contributed by atoms with Crippen LogP contribution in [-0.4, -0.2) is 11.6 Å². The van der Waals surface area contributed by atoms with Crippen LogP contribution in [0.15, 0.2) is 54.6 Å². The van der Waals surface area contributed by atoms with Gasteiger partial charge in [0, 0.05) is 18.4 Å². The predicted molar refractivity (Wildman–Crippen MR) is 77.9 cm³/mol. The fourth-order valence-electron chi connectivity index (χ4n) is 2.86. The highest BCUT2D eigenvalue weighted by atomic mass is 16.1. The summed E-state index contributed by atoms with van der Waals surface area (Å²) in [5, 5.41) is 0. The molecule has 0 aromatic heterocycles. The molecule has 2 heteroatoms. The number of aryl methyl sites for hydroxylation is 1. The van der Waals surface area contributed by atoms with Crippen molar-refractivity contribution in [2.24, 2.45) is 0 Å². The Morgan fingerprint density at radius 1 is 0.950 bits per heavy atom. The summed E-state index contributed by atoms with van der Waals surface area (Å²) in [5.41, 5.74) is 2.93. The second-order valence-electron chi connectivity index (χ2n) is 5.21. The van der Waals surface area contributed by atoms with E-state index in [-0.39, 0.29) is 23.9 Å². The first-order chi connectivity index (χ1) is 9.75. The van der Waals surface area contributed by atoms with Gasteiger partial charge in [0.15, 0.2) is 5.78 Å². The number of fused-ring (bicyclic) bond motifs is 1. The molecule has 2 nitrogen and oxygen atoms in total. The van der Waals surface area contributed by atoms with Gasteiger partial charge < -0.3 is 0 Å². The number of ketones is 2. The van der Waals surface area contributed by atoms with E-state index in [9.17, 15) is 9.59 Å². The van der Waals surface area contributed by atoms with Crippen LogP contribution >= 0.6 is 0 Å². The lowest BCUT2D eigenvalue weighted by Gasteiger charge is -2.23. The Morgan fingerprint density at radius 2 is 1.65 bits per heavy atom. The fourth-order valence-corrected chi connectivity index (χ4v) is 2.86. The van der Waals surface area contributed by atoms with Gasteiger partial charge in [-0.3, -0.25) is 9.59 Å². The molecule has 0 heterocycles. The third-order valence-corrected chi connectivity index (χ3v) is 3.95. The maximum atomic E-state index is 12.3. The van der Waals surface area contributed by atoms with E-state index >= 15 is 0 Å². The molecule has 0 N–H and O–H groups in total. The average Bonchev–Trinajstić information content (AvgIpc) is 2.51. The maximum absolute atomic E-state index is 12.3. The lowest BCUT2D eigenvalue weighted by Crippen LogP contribution is -2.23. The fraction of sp³-hybridized carbons (Fsp3) is 0.222. The summed E-state index contributed by atoms with van der Waals surface area (Å²) in [7, 11) is 0. The number of hydrogen-bond donors (Lipinski definition) is 0. The van der Waals surface area contributed by atoms with Crippen molar-refractivity contribution in [3.05, 3.63) is 71.3 Å². The van der Waals surface area contributed by atoms with E-state index in [4.69, 9.17) is 0 Å². The van der Waals surface area contributed by atoms with E-state index in [1.165, 1.54) is 5.56 Å². The molecule has 1 aliphatic carbocycles. The number of benzene rings is 2. The molecular formula is C18H16O2. The molecule has 3 rings (SSSR count). The van der Waals surface area contributed by atoms with Crippen molar-refractivity contribution < 1.29 is 9.59 Å². The predicted octanol–water partition coefficient (Wildman–Crippen LogP) is 3.56. The Kier molecular flexibility index (Phi) is 3.46. The molecule has 1 unspecified atom stereocenters. The highest BCUT2D eigenvalue weighted by Crippen LogP contribution is 2.32. The van der Waals surface area contributed by atoms with Gasteiger partial charge in [-0.1, -0.05) is 54.6 Å². The van der Waals surface area contributed by atoms with Crippen LogP contribution in [0.3, 0.4) is 0 Å². The van der Waals surface area contributed by atoms with Crippen LogP contribution in [0.5, 0.6) is 0 Å². The maximum Gasteiger partial charge on any atom is 0.163 e. The van der Waals surface area contributed by atoms with Gasteiger partial charge in [0.25, 0.3) is 0 Å². The SMILES string of the molecule is O=C(CC1C(=O)CCc2ccccc21)c1ccccc1. The molecule has 1 aliphatic rings. The molecular weight excluding hydrogens is 248 g/mol. The number of rotatable bonds is 3. The summed E-state index contributed by atoms with van der Waals surface area (Å²) in [6.45, 7) is 0. The van der Waals surface area contributed by atoms with E-state index in [1.54, 1.807) is 0 Å². The summed E-state index contributed by atoms with van der Waals surface area (Å²) in [6, 6.07) is 17.2. The summed E-state index contributed by atoms with van der Waals surface area (Å²) in [4.78, 5) is 24.5.